The first-order valence-corrected chi connectivity index (χ1v) is 6.74. The van der Waals surface area contributed by atoms with Gasteiger partial charge in [-0.25, -0.2) is 19.6 Å². The molecule has 0 amide bonds. The van der Waals surface area contributed by atoms with E-state index in [1.165, 1.54) is 18.2 Å². The normalized spacial score (nSPS) is 19.1. The van der Waals surface area contributed by atoms with E-state index in [2.05, 4.69) is 26.6 Å². The largest absolute Gasteiger partial charge is 0.474 e. The zero-order valence-corrected chi connectivity index (χ0v) is 11.5. The molecule has 1 fully saturated rings. The lowest BCUT2D eigenvalue weighted by atomic mass is 9.94. The highest BCUT2D eigenvalue weighted by molar-refractivity contribution is 5.37. The summed E-state index contributed by atoms with van der Waals surface area (Å²) < 4.78 is 7.64. The van der Waals surface area contributed by atoms with Crippen molar-refractivity contribution in [2.24, 2.45) is 0 Å². The van der Waals surface area contributed by atoms with Crippen LogP contribution in [0, 0.1) is 6.92 Å². The van der Waals surface area contributed by atoms with Crippen molar-refractivity contribution in [2.75, 3.05) is 0 Å². The number of nitrogens with zero attached hydrogens (tertiary/aromatic N) is 5. The van der Waals surface area contributed by atoms with Crippen molar-refractivity contribution >= 4 is 0 Å². The van der Waals surface area contributed by atoms with Crippen LogP contribution < -0.4 is 4.74 Å². The highest BCUT2D eigenvalue weighted by Crippen LogP contribution is 2.27. The zero-order chi connectivity index (χ0) is 13.9. The van der Waals surface area contributed by atoms with Crippen LogP contribution in [0.1, 0.15) is 31.2 Å². The minimum absolute atomic E-state index is 0.161. The molecule has 0 bridgehead atoms. The Bertz CT molecular complexity index is 608. The summed E-state index contributed by atoms with van der Waals surface area (Å²) in [5.74, 6) is 1.31. The summed E-state index contributed by atoms with van der Waals surface area (Å²) in [4.78, 5) is 12.4. The molecule has 1 aliphatic rings. The van der Waals surface area contributed by atoms with Crippen LogP contribution in [0.3, 0.4) is 0 Å². The molecular weight excluding hydrogens is 254 g/mol. The smallest absolute Gasteiger partial charge is 0.221 e. The van der Waals surface area contributed by atoms with Gasteiger partial charge in [0.1, 0.15) is 25.1 Å². The van der Waals surface area contributed by atoms with Gasteiger partial charge < -0.3 is 4.74 Å². The van der Waals surface area contributed by atoms with E-state index in [1.54, 1.807) is 11.0 Å². The summed E-state index contributed by atoms with van der Waals surface area (Å²) in [6.45, 7) is 5.99. The van der Waals surface area contributed by atoms with Gasteiger partial charge in [0, 0.05) is 6.42 Å². The number of hydrogen-bond donors (Lipinski definition) is 0. The van der Waals surface area contributed by atoms with Gasteiger partial charge in [0.05, 0.1) is 5.56 Å². The Morgan fingerprint density at radius 3 is 3.00 bits per heavy atom. The molecule has 0 spiro atoms. The second-order valence-corrected chi connectivity index (χ2v) is 5.05. The third kappa shape index (κ3) is 2.54. The van der Waals surface area contributed by atoms with Crippen LogP contribution in [0.15, 0.2) is 31.1 Å². The van der Waals surface area contributed by atoms with Crippen molar-refractivity contribution in [3.05, 3.63) is 36.7 Å². The molecule has 1 aliphatic carbocycles. The standard InChI is InChI=1S/C14H17N5O/c1-10-4-3-5-12(6-10)20-14-11(2)13(16-8-17-14)19-9-15-7-18-19/h7-9,12H,1,3-6H2,2H3. The lowest BCUT2D eigenvalue weighted by Gasteiger charge is -2.24. The molecule has 0 N–H and O–H groups in total. The predicted molar refractivity (Wildman–Crippen MR) is 73.7 cm³/mol. The first kappa shape index (κ1) is 12.8. The molecule has 0 radical (unpaired) electrons. The van der Waals surface area contributed by atoms with Crippen LogP contribution in [0.5, 0.6) is 5.88 Å². The Kier molecular flexibility index (Phi) is 3.45. The van der Waals surface area contributed by atoms with Gasteiger partial charge in [-0.2, -0.15) is 5.10 Å². The summed E-state index contributed by atoms with van der Waals surface area (Å²) in [5, 5.41) is 4.09. The molecule has 2 aromatic heterocycles. The van der Waals surface area contributed by atoms with E-state index >= 15 is 0 Å². The summed E-state index contributed by atoms with van der Waals surface area (Å²) in [6.07, 6.45) is 8.93. The second kappa shape index (κ2) is 5.40. The van der Waals surface area contributed by atoms with Crippen molar-refractivity contribution in [2.45, 2.75) is 38.7 Å². The van der Waals surface area contributed by atoms with Gasteiger partial charge in [0.2, 0.25) is 5.88 Å². The van der Waals surface area contributed by atoms with E-state index in [-0.39, 0.29) is 6.10 Å². The molecule has 6 nitrogen and oxygen atoms in total. The van der Waals surface area contributed by atoms with Gasteiger partial charge in [-0.05, 0) is 26.2 Å². The Balaban J connectivity index is 1.83. The maximum absolute atomic E-state index is 6.02. The number of rotatable bonds is 3. The van der Waals surface area contributed by atoms with Gasteiger partial charge in [-0.1, -0.05) is 12.2 Å². The fourth-order valence-corrected chi connectivity index (χ4v) is 2.46. The first-order chi connectivity index (χ1) is 9.74. The van der Waals surface area contributed by atoms with Crippen molar-refractivity contribution < 1.29 is 4.74 Å². The maximum Gasteiger partial charge on any atom is 0.221 e. The third-order valence-electron chi connectivity index (χ3n) is 3.50. The van der Waals surface area contributed by atoms with Gasteiger partial charge >= 0.3 is 0 Å². The molecule has 1 saturated carbocycles. The van der Waals surface area contributed by atoms with Gasteiger partial charge in [0.15, 0.2) is 5.82 Å². The third-order valence-corrected chi connectivity index (χ3v) is 3.50. The summed E-state index contributed by atoms with van der Waals surface area (Å²) in [6, 6.07) is 0. The van der Waals surface area contributed by atoms with Crippen LogP contribution >= 0.6 is 0 Å². The van der Waals surface area contributed by atoms with Crippen LogP contribution in [-0.4, -0.2) is 30.8 Å². The fraction of sp³-hybridized carbons (Fsp3) is 0.429. The van der Waals surface area contributed by atoms with E-state index in [1.807, 2.05) is 6.92 Å². The first-order valence-electron chi connectivity index (χ1n) is 6.74. The Labute approximate surface area is 117 Å². The zero-order valence-electron chi connectivity index (χ0n) is 11.5. The van der Waals surface area contributed by atoms with Gasteiger partial charge in [0.25, 0.3) is 0 Å². The monoisotopic (exact) mass is 271 g/mol. The van der Waals surface area contributed by atoms with Crippen LogP contribution in [0.25, 0.3) is 5.82 Å². The average molecular weight is 271 g/mol. The average Bonchev–Trinajstić information content (AvgIpc) is 2.95. The van der Waals surface area contributed by atoms with Crippen molar-refractivity contribution in [1.29, 1.82) is 0 Å². The van der Waals surface area contributed by atoms with E-state index in [0.717, 1.165) is 31.2 Å². The Morgan fingerprint density at radius 1 is 1.35 bits per heavy atom. The highest BCUT2D eigenvalue weighted by Gasteiger charge is 2.20. The number of ether oxygens (including phenoxy) is 1. The van der Waals surface area contributed by atoms with Crippen molar-refractivity contribution in [3.8, 4) is 11.7 Å². The van der Waals surface area contributed by atoms with Crippen LogP contribution in [-0.2, 0) is 0 Å². The second-order valence-electron chi connectivity index (χ2n) is 5.05. The van der Waals surface area contributed by atoms with E-state index in [4.69, 9.17) is 4.74 Å². The summed E-state index contributed by atoms with van der Waals surface area (Å²) in [5.41, 5.74) is 2.12. The van der Waals surface area contributed by atoms with Gasteiger partial charge in [-0.3, -0.25) is 0 Å². The summed E-state index contributed by atoms with van der Waals surface area (Å²) >= 11 is 0. The minimum Gasteiger partial charge on any atom is -0.474 e. The molecule has 1 atom stereocenters. The SMILES string of the molecule is C=C1CCCC(Oc2ncnc(-n3cncn3)c2C)C1. The summed E-state index contributed by atoms with van der Waals surface area (Å²) in [7, 11) is 0. The Hall–Kier alpha value is -2.24. The molecule has 2 aromatic rings. The van der Waals surface area contributed by atoms with E-state index in [0.29, 0.717) is 11.7 Å². The maximum atomic E-state index is 6.02. The highest BCUT2D eigenvalue weighted by atomic mass is 16.5. The molecule has 3 rings (SSSR count). The van der Waals surface area contributed by atoms with Crippen LogP contribution in [0.4, 0.5) is 0 Å². The molecule has 104 valence electrons. The Morgan fingerprint density at radius 2 is 2.25 bits per heavy atom. The predicted octanol–water partition coefficient (Wildman–Crippen LogP) is 2.24. The number of hydrogen-bond acceptors (Lipinski definition) is 5. The van der Waals surface area contributed by atoms with Crippen LogP contribution in [0.2, 0.25) is 0 Å². The topological polar surface area (TPSA) is 65.7 Å². The molecule has 0 aromatic carbocycles. The molecular formula is C14H17N5O. The molecule has 0 aliphatic heterocycles. The quantitative estimate of drug-likeness (QED) is 0.801. The molecule has 0 saturated heterocycles. The minimum atomic E-state index is 0.161. The molecule has 2 heterocycles. The van der Waals surface area contributed by atoms with Crippen molar-refractivity contribution in [3.63, 3.8) is 0 Å². The number of aromatic nitrogens is 5. The molecule has 20 heavy (non-hydrogen) atoms. The van der Waals surface area contributed by atoms with E-state index in [9.17, 15) is 0 Å². The molecule has 6 heteroatoms. The lowest BCUT2D eigenvalue weighted by molar-refractivity contribution is 0.166. The van der Waals surface area contributed by atoms with E-state index < -0.39 is 0 Å². The fourth-order valence-electron chi connectivity index (χ4n) is 2.46. The van der Waals surface area contributed by atoms with Crippen molar-refractivity contribution in [1.82, 2.24) is 24.7 Å². The lowest BCUT2D eigenvalue weighted by Crippen LogP contribution is -2.22. The van der Waals surface area contributed by atoms with Gasteiger partial charge in [-0.15, -0.1) is 0 Å². The molecule has 1 unspecified atom stereocenters.